The van der Waals surface area contributed by atoms with E-state index in [2.05, 4.69) is 0 Å². The molecule has 0 saturated heterocycles. The van der Waals surface area contributed by atoms with Gasteiger partial charge in [-0.2, -0.15) is 0 Å². The van der Waals surface area contributed by atoms with E-state index in [1.165, 1.54) is 6.26 Å². The van der Waals surface area contributed by atoms with Crippen LogP contribution in [0, 0.1) is 0 Å². The standard InChI is InChI=1S/C13H19NO3S/c1-18(16,17)12-4-2-10(3-5-12)13(14)8-6-11(15)7-9-13/h2-5,11,15H,6-9,14H2,1H3. The maximum absolute atomic E-state index is 11.4. The van der Waals surface area contributed by atoms with Crippen LogP contribution in [0.15, 0.2) is 29.2 Å². The summed E-state index contributed by atoms with van der Waals surface area (Å²) in [7, 11) is -3.16. The summed E-state index contributed by atoms with van der Waals surface area (Å²) in [5.41, 5.74) is 6.85. The van der Waals surface area contributed by atoms with Crippen molar-refractivity contribution in [1.29, 1.82) is 0 Å². The predicted octanol–water partition coefficient (Wildman–Crippen LogP) is 1.18. The average molecular weight is 269 g/mol. The minimum atomic E-state index is -3.16. The maximum atomic E-state index is 11.4. The maximum Gasteiger partial charge on any atom is 0.175 e. The Morgan fingerprint density at radius 3 is 2.17 bits per heavy atom. The SMILES string of the molecule is CS(=O)(=O)c1ccc(C2(N)CCC(O)CC2)cc1. The van der Waals surface area contributed by atoms with Crippen molar-refractivity contribution in [3.63, 3.8) is 0 Å². The van der Waals surface area contributed by atoms with Gasteiger partial charge < -0.3 is 10.8 Å². The number of sulfone groups is 1. The predicted molar refractivity (Wildman–Crippen MR) is 69.9 cm³/mol. The third-order valence-corrected chi connectivity index (χ3v) is 4.83. The Morgan fingerprint density at radius 2 is 1.72 bits per heavy atom. The number of hydrogen-bond donors (Lipinski definition) is 2. The molecule has 1 aliphatic rings. The Morgan fingerprint density at radius 1 is 1.22 bits per heavy atom. The lowest BCUT2D eigenvalue weighted by molar-refractivity contribution is 0.0969. The summed E-state index contributed by atoms with van der Waals surface area (Å²) in [5.74, 6) is 0. The van der Waals surface area contributed by atoms with Gasteiger partial charge in [0.15, 0.2) is 9.84 Å². The Kier molecular flexibility index (Phi) is 3.49. The average Bonchev–Trinajstić information content (AvgIpc) is 2.32. The largest absolute Gasteiger partial charge is 0.393 e. The first-order chi connectivity index (χ1) is 8.31. The minimum Gasteiger partial charge on any atom is -0.393 e. The Labute approximate surface area is 108 Å². The molecule has 1 fully saturated rings. The van der Waals surface area contributed by atoms with E-state index >= 15 is 0 Å². The van der Waals surface area contributed by atoms with E-state index < -0.39 is 15.4 Å². The Bertz CT molecular complexity index is 514. The summed E-state index contributed by atoms with van der Waals surface area (Å²) >= 11 is 0. The molecule has 18 heavy (non-hydrogen) atoms. The fourth-order valence-corrected chi connectivity index (χ4v) is 3.07. The van der Waals surface area contributed by atoms with Crippen LogP contribution in [0.25, 0.3) is 0 Å². The van der Waals surface area contributed by atoms with Crippen molar-refractivity contribution in [2.24, 2.45) is 5.73 Å². The molecule has 100 valence electrons. The molecule has 0 heterocycles. The number of aliphatic hydroxyl groups is 1. The molecule has 0 amide bonds. The number of nitrogens with two attached hydrogens (primary N) is 1. The van der Waals surface area contributed by atoms with Crippen molar-refractivity contribution in [2.75, 3.05) is 6.26 Å². The van der Waals surface area contributed by atoms with Crippen LogP contribution in [0.5, 0.6) is 0 Å². The molecular weight excluding hydrogens is 250 g/mol. The summed E-state index contributed by atoms with van der Waals surface area (Å²) in [6.45, 7) is 0. The molecule has 0 aliphatic heterocycles. The van der Waals surface area contributed by atoms with Crippen LogP contribution in [-0.4, -0.2) is 25.9 Å². The van der Waals surface area contributed by atoms with E-state index in [1.807, 2.05) is 0 Å². The molecule has 0 bridgehead atoms. The molecule has 0 atom stereocenters. The molecule has 0 radical (unpaired) electrons. The highest BCUT2D eigenvalue weighted by molar-refractivity contribution is 7.90. The van der Waals surface area contributed by atoms with Crippen LogP contribution >= 0.6 is 0 Å². The quantitative estimate of drug-likeness (QED) is 0.845. The van der Waals surface area contributed by atoms with E-state index in [1.54, 1.807) is 24.3 Å². The first-order valence-electron chi connectivity index (χ1n) is 6.09. The third-order valence-electron chi connectivity index (χ3n) is 3.70. The third kappa shape index (κ3) is 2.74. The van der Waals surface area contributed by atoms with Gasteiger partial charge >= 0.3 is 0 Å². The molecule has 0 aromatic heterocycles. The summed E-state index contributed by atoms with van der Waals surface area (Å²) in [6, 6.07) is 6.77. The van der Waals surface area contributed by atoms with Crippen molar-refractivity contribution < 1.29 is 13.5 Å². The van der Waals surface area contributed by atoms with Gasteiger partial charge in [-0.3, -0.25) is 0 Å². The lowest BCUT2D eigenvalue weighted by Gasteiger charge is -2.36. The van der Waals surface area contributed by atoms with Crippen molar-refractivity contribution in [2.45, 2.75) is 42.2 Å². The monoisotopic (exact) mass is 269 g/mol. The van der Waals surface area contributed by atoms with Crippen molar-refractivity contribution in [1.82, 2.24) is 0 Å². The molecule has 1 aromatic rings. The molecule has 1 aromatic carbocycles. The molecule has 1 aliphatic carbocycles. The summed E-state index contributed by atoms with van der Waals surface area (Å²) in [4.78, 5) is 0.311. The lowest BCUT2D eigenvalue weighted by Crippen LogP contribution is -2.41. The van der Waals surface area contributed by atoms with E-state index in [-0.39, 0.29) is 6.10 Å². The number of hydrogen-bond acceptors (Lipinski definition) is 4. The van der Waals surface area contributed by atoms with Gasteiger partial charge in [-0.1, -0.05) is 12.1 Å². The fourth-order valence-electron chi connectivity index (χ4n) is 2.44. The fraction of sp³-hybridized carbons (Fsp3) is 0.538. The first-order valence-corrected chi connectivity index (χ1v) is 7.98. The van der Waals surface area contributed by atoms with Crippen LogP contribution in [-0.2, 0) is 15.4 Å². The summed E-state index contributed by atoms with van der Waals surface area (Å²) in [6.07, 6.45) is 3.79. The highest BCUT2D eigenvalue weighted by atomic mass is 32.2. The van der Waals surface area contributed by atoms with Gasteiger partial charge in [-0.25, -0.2) is 8.42 Å². The lowest BCUT2D eigenvalue weighted by atomic mass is 9.76. The van der Waals surface area contributed by atoms with E-state index in [0.29, 0.717) is 17.7 Å². The van der Waals surface area contributed by atoms with E-state index in [9.17, 15) is 13.5 Å². The number of aliphatic hydroxyl groups excluding tert-OH is 1. The van der Waals surface area contributed by atoms with Gasteiger partial charge in [-0.05, 0) is 43.4 Å². The highest BCUT2D eigenvalue weighted by Gasteiger charge is 2.32. The van der Waals surface area contributed by atoms with Crippen LogP contribution < -0.4 is 5.73 Å². The second-order valence-corrected chi connectivity index (χ2v) is 7.20. The highest BCUT2D eigenvalue weighted by Crippen LogP contribution is 2.35. The zero-order valence-electron chi connectivity index (χ0n) is 10.5. The zero-order valence-corrected chi connectivity index (χ0v) is 11.3. The van der Waals surface area contributed by atoms with Gasteiger partial charge in [0.05, 0.1) is 11.0 Å². The Hall–Kier alpha value is -0.910. The molecule has 2 rings (SSSR count). The van der Waals surface area contributed by atoms with Crippen molar-refractivity contribution in [3.8, 4) is 0 Å². The molecule has 3 N–H and O–H groups in total. The van der Waals surface area contributed by atoms with Gasteiger partial charge in [0, 0.05) is 11.8 Å². The van der Waals surface area contributed by atoms with Gasteiger partial charge in [0.2, 0.25) is 0 Å². The topological polar surface area (TPSA) is 80.4 Å². The first kappa shape index (κ1) is 13.5. The Balaban J connectivity index is 2.24. The molecule has 0 unspecified atom stereocenters. The van der Waals surface area contributed by atoms with Gasteiger partial charge in [0.25, 0.3) is 0 Å². The van der Waals surface area contributed by atoms with Crippen LogP contribution in [0.4, 0.5) is 0 Å². The van der Waals surface area contributed by atoms with Gasteiger partial charge in [-0.15, -0.1) is 0 Å². The second-order valence-electron chi connectivity index (χ2n) is 5.18. The molecule has 4 nitrogen and oxygen atoms in total. The van der Waals surface area contributed by atoms with Gasteiger partial charge in [0.1, 0.15) is 0 Å². The summed E-state index contributed by atoms with van der Waals surface area (Å²) < 4.78 is 22.8. The molecular formula is C13H19NO3S. The van der Waals surface area contributed by atoms with Crippen molar-refractivity contribution in [3.05, 3.63) is 29.8 Å². The second kappa shape index (κ2) is 4.64. The van der Waals surface area contributed by atoms with Crippen molar-refractivity contribution >= 4 is 9.84 Å². The van der Waals surface area contributed by atoms with E-state index in [4.69, 9.17) is 5.73 Å². The molecule has 0 spiro atoms. The number of benzene rings is 1. The molecule has 5 heteroatoms. The smallest absolute Gasteiger partial charge is 0.175 e. The zero-order chi connectivity index (χ0) is 13.4. The van der Waals surface area contributed by atoms with Crippen LogP contribution in [0.2, 0.25) is 0 Å². The summed E-state index contributed by atoms with van der Waals surface area (Å²) in [5, 5.41) is 9.50. The van der Waals surface area contributed by atoms with Crippen LogP contribution in [0.1, 0.15) is 31.2 Å². The molecule has 1 saturated carbocycles. The van der Waals surface area contributed by atoms with Crippen LogP contribution in [0.3, 0.4) is 0 Å². The minimum absolute atomic E-state index is 0.253. The normalized spacial score (nSPS) is 29.2. The van der Waals surface area contributed by atoms with E-state index in [0.717, 1.165) is 18.4 Å². The number of rotatable bonds is 2.